The molecule has 0 spiro atoms. The van der Waals surface area contributed by atoms with E-state index in [1.807, 2.05) is 0 Å². The summed E-state index contributed by atoms with van der Waals surface area (Å²) in [6.45, 7) is 0.511. The number of aromatic nitrogens is 2. The van der Waals surface area contributed by atoms with Crippen molar-refractivity contribution >= 4 is 11.9 Å². The van der Waals surface area contributed by atoms with Crippen LogP contribution in [0.2, 0.25) is 0 Å². The van der Waals surface area contributed by atoms with Gasteiger partial charge in [-0.2, -0.15) is 5.10 Å². The third-order valence-corrected chi connectivity index (χ3v) is 3.58. The van der Waals surface area contributed by atoms with Crippen LogP contribution in [0.15, 0.2) is 16.9 Å². The Labute approximate surface area is 120 Å². The second kappa shape index (κ2) is 6.04. The summed E-state index contributed by atoms with van der Waals surface area (Å²) < 4.78 is 5.98. The van der Waals surface area contributed by atoms with Crippen molar-refractivity contribution in [2.75, 3.05) is 13.7 Å². The Morgan fingerprint density at radius 1 is 1.48 bits per heavy atom. The van der Waals surface area contributed by atoms with Crippen molar-refractivity contribution in [1.82, 2.24) is 15.1 Å². The fourth-order valence-corrected chi connectivity index (χ4v) is 2.11. The first-order valence-electron chi connectivity index (χ1n) is 6.61. The fourth-order valence-electron chi connectivity index (χ4n) is 2.11. The highest BCUT2D eigenvalue weighted by Crippen LogP contribution is 2.32. The topological polar surface area (TPSA) is 111 Å². The summed E-state index contributed by atoms with van der Waals surface area (Å²) in [4.78, 5) is 34.9. The number of nitrogens with zero attached hydrogens (tertiary/aromatic N) is 2. The molecule has 1 aliphatic rings. The van der Waals surface area contributed by atoms with Gasteiger partial charge in [-0.1, -0.05) is 0 Å². The fraction of sp³-hybridized carbons (Fsp3) is 0.538. The van der Waals surface area contributed by atoms with Gasteiger partial charge in [-0.05, 0) is 25.3 Å². The van der Waals surface area contributed by atoms with E-state index >= 15 is 0 Å². The van der Waals surface area contributed by atoms with Crippen LogP contribution in [-0.2, 0) is 16.1 Å². The first-order valence-corrected chi connectivity index (χ1v) is 6.61. The molecule has 0 atom stereocenters. The summed E-state index contributed by atoms with van der Waals surface area (Å²) in [6.07, 6.45) is 1.56. The molecule has 114 valence electrons. The van der Waals surface area contributed by atoms with E-state index in [0.29, 0.717) is 12.8 Å². The first-order chi connectivity index (χ1) is 9.98. The minimum absolute atomic E-state index is 0.0122. The molecule has 1 aliphatic carbocycles. The van der Waals surface area contributed by atoms with Gasteiger partial charge in [-0.25, -0.2) is 9.48 Å². The molecular weight excluding hydrogens is 278 g/mol. The smallest absolute Gasteiger partial charge is 0.329 e. The van der Waals surface area contributed by atoms with Crippen LogP contribution in [-0.4, -0.2) is 46.0 Å². The summed E-state index contributed by atoms with van der Waals surface area (Å²) in [6, 6.07) is 2.51. The van der Waals surface area contributed by atoms with Gasteiger partial charge < -0.3 is 15.2 Å². The van der Waals surface area contributed by atoms with Crippen LogP contribution in [0.3, 0.4) is 0 Å². The Morgan fingerprint density at radius 2 is 2.19 bits per heavy atom. The van der Waals surface area contributed by atoms with E-state index in [9.17, 15) is 19.5 Å². The molecule has 2 rings (SSSR count). The maximum absolute atomic E-state index is 12.1. The number of carbonyl (C=O) groups is 2. The first kappa shape index (κ1) is 15.2. The molecule has 1 aromatic heterocycles. The molecular formula is C13H17N3O5. The molecule has 1 aromatic rings. The number of hydrogen-bond acceptors (Lipinski definition) is 5. The number of ether oxygens (including phenoxy) is 1. The van der Waals surface area contributed by atoms with Gasteiger partial charge in [0.15, 0.2) is 0 Å². The second-order valence-electron chi connectivity index (χ2n) is 4.97. The van der Waals surface area contributed by atoms with E-state index in [0.717, 1.165) is 11.1 Å². The quantitative estimate of drug-likeness (QED) is 0.740. The zero-order chi connectivity index (χ0) is 15.5. The largest absolute Gasteiger partial charge is 0.480 e. The van der Waals surface area contributed by atoms with E-state index in [4.69, 9.17) is 4.74 Å². The Morgan fingerprint density at radius 3 is 2.71 bits per heavy atom. The van der Waals surface area contributed by atoms with Crippen LogP contribution >= 0.6 is 0 Å². The number of amides is 1. The average molecular weight is 295 g/mol. The molecule has 1 heterocycles. The number of hydrogen-bond donors (Lipinski definition) is 2. The molecule has 0 saturated heterocycles. The van der Waals surface area contributed by atoms with Crippen molar-refractivity contribution in [1.29, 1.82) is 0 Å². The maximum atomic E-state index is 12.1. The third kappa shape index (κ3) is 3.10. The highest BCUT2D eigenvalue weighted by atomic mass is 16.5. The van der Waals surface area contributed by atoms with Crippen molar-refractivity contribution < 1.29 is 19.4 Å². The normalized spacial score (nSPS) is 16.0. The molecule has 1 saturated carbocycles. The van der Waals surface area contributed by atoms with E-state index in [-0.39, 0.29) is 24.4 Å². The third-order valence-electron chi connectivity index (χ3n) is 3.58. The molecule has 0 aromatic carbocycles. The van der Waals surface area contributed by atoms with Crippen molar-refractivity contribution in [2.45, 2.75) is 31.3 Å². The number of nitrogens with one attached hydrogen (secondary N) is 1. The van der Waals surface area contributed by atoms with Gasteiger partial charge in [0, 0.05) is 13.2 Å². The van der Waals surface area contributed by atoms with Gasteiger partial charge in [0.25, 0.3) is 11.5 Å². The Balaban J connectivity index is 2.16. The molecule has 0 bridgehead atoms. The maximum Gasteiger partial charge on any atom is 0.329 e. The van der Waals surface area contributed by atoms with E-state index in [1.165, 1.54) is 19.2 Å². The Kier molecular flexibility index (Phi) is 4.37. The van der Waals surface area contributed by atoms with Crippen LogP contribution < -0.4 is 10.9 Å². The lowest BCUT2D eigenvalue weighted by atomic mass is 9.76. The number of aliphatic carboxylic acids is 1. The van der Waals surface area contributed by atoms with Crippen molar-refractivity contribution in [2.24, 2.45) is 0 Å². The predicted molar refractivity (Wildman–Crippen MR) is 72.1 cm³/mol. The SMILES string of the molecule is COCCn1nc(C(=O)NC2(C(=O)O)CCC2)ccc1=O. The highest BCUT2D eigenvalue weighted by molar-refractivity contribution is 5.96. The van der Waals surface area contributed by atoms with Crippen LogP contribution in [0, 0.1) is 0 Å². The molecule has 21 heavy (non-hydrogen) atoms. The lowest BCUT2D eigenvalue weighted by Gasteiger charge is -2.38. The van der Waals surface area contributed by atoms with Crippen molar-refractivity contribution in [3.63, 3.8) is 0 Å². The highest BCUT2D eigenvalue weighted by Gasteiger charge is 2.46. The monoisotopic (exact) mass is 295 g/mol. The molecule has 0 unspecified atom stereocenters. The summed E-state index contributed by atoms with van der Waals surface area (Å²) >= 11 is 0. The standard InChI is InChI=1S/C13H17N3O5/c1-21-8-7-16-10(17)4-3-9(15-16)11(18)14-13(12(19)20)5-2-6-13/h3-4H,2,5-8H2,1H3,(H,14,18)(H,19,20). The zero-order valence-corrected chi connectivity index (χ0v) is 11.7. The van der Waals surface area contributed by atoms with E-state index < -0.39 is 17.4 Å². The molecule has 8 nitrogen and oxygen atoms in total. The average Bonchev–Trinajstić information content (AvgIpc) is 2.41. The summed E-state index contributed by atoms with van der Waals surface area (Å²) in [5, 5.41) is 15.6. The number of carboxylic acids is 1. The lowest BCUT2D eigenvalue weighted by molar-refractivity contribution is -0.148. The Hall–Kier alpha value is -2.22. The van der Waals surface area contributed by atoms with Crippen molar-refractivity contribution in [3.05, 3.63) is 28.2 Å². The van der Waals surface area contributed by atoms with Gasteiger partial charge >= 0.3 is 5.97 Å². The van der Waals surface area contributed by atoms with Gasteiger partial charge in [-0.3, -0.25) is 9.59 Å². The second-order valence-corrected chi connectivity index (χ2v) is 4.97. The zero-order valence-electron chi connectivity index (χ0n) is 11.7. The van der Waals surface area contributed by atoms with E-state index in [1.54, 1.807) is 0 Å². The molecule has 1 fully saturated rings. The molecule has 8 heteroatoms. The van der Waals surface area contributed by atoms with Crippen LogP contribution in [0.25, 0.3) is 0 Å². The van der Waals surface area contributed by atoms with Crippen LogP contribution in [0.5, 0.6) is 0 Å². The van der Waals surface area contributed by atoms with Crippen LogP contribution in [0.4, 0.5) is 0 Å². The molecule has 0 aliphatic heterocycles. The van der Waals surface area contributed by atoms with Gasteiger partial charge in [0.05, 0.1) is 13.2 Å². The van der Waals surface area contributed by atoms with Crippen molar-refractivity contribution in [3.8, 4) is 0 Å². The lowest BCUT2D eigenvalue weighted by Crippen LogP contribution is -2.59. The van der Waals surface area contributed by atoms with Gasteiger partial charge in [0.2, 0.25) is 0 Å². The number of rotatable bonds is 6. The number of methoxy groups -OCH3 is 1. The predicted octanol–water partition coefficient (Wildman–Crippen LogP) is -0.373. The molecule has 2 N–H and O–H groups in total. The number of carboxylic acid groups (broad SMARTS) is 1. The Bertz CT molecular complexity index is 606. The summed E-state index contributed by atoms with van der Waals surface area (Å²) in [5.41, 5.74) is -1.54. The molecule has 0 radical (unpaired) electrons. The van der Waals surface area contributed by atoms with E-state index in [2.05, 4.69) is 10.4 Å². The minimum Gasteiger partial charge on any atom is -0.480 e. The molecule has 1 amide bonds. The number of carbonyl (C=O) groups excluding carboxylic acids is 1. The summed E-state index contributed by atoms with van der Waals surface area (Å²) in [5.74, 6) is -1.64. The summed E-state index contributed by atoms with van der Waals surface area (Å²) in [7, 11) is 1.49. The van der Waals surface area contributed by atoms with Crippen LogP contribution in [0.1, 0.15) is 29.8 Å². The van der Waals surface area contributed by atoms with Gasteiger partial charge in [0.1, 0.15) is 11.2 Å². The minimum atomic E-state index is -1.20. The van der Waals surface area contributed by atoms with Gasteiger partial charge in [-0.15, -0.1) is 0 Å².